The van der Waals surface area contributed by atoms with Crippen LogP contribution in [-0.2, 0) is 14.6 Å². The van der Waals surface area contributed by atoms with Crippen molar-refractivity contribution in [3.05, 3.63) is 71.8 Å². The predicted molar refractivity (Wildman–Crippen MR) is 133 cm³/mol. The van der Waals surface area contributed by atoms with Gasteiger partial charge in [0.25, 0.3) is 5.91 Å². The lowest BCUT2D eigenvalue weighted by Crippen LogP contribution is -2.25. The Morgan fingerprint density at radius 3 is 2.58 bits per heavy atom. The standard InChI is InChI=1S/C25H19N3O6S2/c1-2-36(30,31)18-9-5-16(6-10-18)22(34-17-7-3-15(13-26)4-8-17)24(29)28-25-27-21-20(35-25)12-11-19-23(21)33-14-32-19/h3-12,22H,2,14H2,1H3,(H,27,28,29). The van der Waals surface area contributed by atoms with E-state index in [1.807, 2.05) is 12.1 Å². The number of rotatable bonds is 7. The van der Waals surface area contributed by atoms with Crippen molar-refractivity contribution in [2.24, 2.45) is 0 Å². The van der Waals surface area contributed by atoms with Crippen molar-refractivity contribution in [2.45, 2.75) is 17.9 Å². The van der Waals surface area contributed by atoms with Crippen LogP contribution in [0.25, 0.3) is 10.2 Å². The van der Waals surface area contributed by atoms with Crippen LogP contribution in [0.5, 0.6) is 17.2 Å². The Morgan fingerprint density at radius 2 is 1.89 bits per heavy atom. The van der Waals surface area contributed by atoms with E-state index in [-0.39, 0.29) is 17.4 Å². The molecule has 182 valence electrons. The third-order valence-electron chi connectivity index (χ3n) is 5.52. The summed E-state index contributed by atoms with van der Waals surface area (Å²) in [5.74, 6) is 0.955. The van der Waals surface area contributed by atoms with Crippen molar-refractivity contribution < 1.29 is 27.4 Å². The van der Waals surface area contributed by atoms with E-state index >= 15 is 0 Å². The maximum Gasteiger partial charge on any atom is 0.271 e. The molecule has 5 rings (SSSR count). The molecule has 1 aliphatic heterocycles. The second-order valence-electron chi connectivity index (χ2n) is 7.76. The van der Waals surface area contributed by atoms with E-state index in [1.54, 1.807) is 49.4 Å². The minimum atomic E-state index is -3.40. The monoisotopic (exact) mass is 521 g/mol. The Hall–Kier alpha value is -4.14. The molecule has 2 heterocycles. The fourth-order valence-electron chi connectivity index (χ4n) is 3.61. The SMILES string of the molecule is CCS(=O)(=O)c1ccc(C(Oc2ccc(C#N)cc2)C(=O)Nc2nc3c4c(ccc3s2)OCO4)cc1. The highest BCUT2D eigenvalue weighted by Crippen LogP contribution is 2.42. The maximum atomic E-state index is 13.4. The predicted octanol–water partition coefficient (Wildman–Crippen LogP) is 4.45. The van der Waals surface area contributed by atoms with Crippen LogP contribution in [0.2, 0.25) is 0 Å². The summed E-state index contributed by atoms with van der Waals surface area (Å²) in [7, 11) is -3.40. The summed E-state index contributed by atoms with van der Waals surface area (Å²) in [6, 6.07) is 18.0. The van der Waals surface area contributed by atoms with Crippen LogP contribution in [0.15, 0.2) is 65.6 Å². The third-order valence-corrected chi connectivity index (χ3v) is 8.21. The van der Waals surface area contributed by atoms with Crippen molar-refractivity contribution in [3.8, 4) is 23.3 Å². The number of aromatic nitrogens is 1. The number of nitriles is 1. The van der Waals surface area contributed by atoms with Crippen LogP contribution in [0.4, 0.5) is 5.13 Å². The highest BCUT2D eigenvalue weighted by Gasteiger charge is 2.26. The fourth-order valence-corrected chi connectivity index (χ4v) is 5.37. The smallest absolute Gasteiger partial charge is 0.271 e. The number of anilines is 1. The molecule has 1 aromatic heterocycles. The number of carbonyl (C=O) groups excluding carboxylic acids is 1. The molecule has 0 aliphatic carbocycles. The summed E-state index contributed by atoms with van der Waals surface area (Å²) in [6.45, 7) is 1.68. The molecular formula is C25H19N3O6S2. The van der Waals surface area contributed by atoms with Crippen LogP contribution in [0.3, 0.4) is 0 Å². The Balaban J connectivity index is 1.46. The number of hydrogen-bond acceptors (Lipinski definition) is 9. The Morgan fingerprint density at radius 1 is 1.14 bits per heavy atom. The molecule has 0 bridgehead atoms. The number of amides is 1. The van der Waals surface area contributed by atoms with E-state index in [4.69, 9.17) is 19.5 Å². The number of carbonyl (C=O) groups is 1. The summed E-state index contributed by atoms with van der Waals surface area (Å²) in [6.07, 6.45) is -1.12. The molecule has 0 fully saturated rings. The second kappa shape index (κ2) is 9.49. The Labute approximate surface area is 210 Å². The van der Waals surface area contributed by atoms with Crippen molar-refractivity contribution >= 4 is 42.4 Å². The molecule has 9 nitrogen and oxygen atoms in total. The molecule has 4 aromatic rings. The molecule has 1 unspecified atom stereocenters. The molecule has 11 heteroatoms. The van der Waals surface area contributed by atoms with Gasteiger partial charge in [0.15, 0.2) is 26.5 Å². The Bertz CT molecular complexity index is 1590. The van der Waals surface area contributed by atoms with Crippen molar-refractivity contribution in [3.63, 3.8) is 0 Å². The lowest BCUT2D eigenvalue weighted by molar-refractivity contribution is -0.123. The van der Waals surface area contributed by atoms with Gasteiger partial charge < -0.3 is 14.2 Å². The first-order chi connectivity index (χ1) is 17.4. The van der Waals surface area contributed by atoms with Crippen molar-refractivity contribution in [2.75, 3.05) is 17.9 Å². The number of hydrogen-bond donors (Lipinski definition) is 1. The number of sulfone groups is 1. The van der Waals surface area contributed by atoms with Gasteiger partial charge in [0.05, 0.1) is 27.0 Å². The number of fused-ring (bicyclic) bond motifs is 3. The quantitative estimate of drug-likeness (QED) is 0.378. The first-order valence-electron chi connectivity index (χ1n) is 10.9. The van der Waals surface area contributed by atoms with E-state index in [2.05, 4.69) is 10.3 Å². The molecule has 36 heavy (non-hydrogen) atoms. The zero-order valence-electron chi connectivity index (χ0n) is 18.9. The number of benzene rings is 3. The highest BCUT2D eigenvalue weighted by atomic mass is 32.2. The van der Waals surface area contributed by atoms with Crippen LogP contribution >= 0.6 is 11.3 Å². The number of nitrogens with one attached hydrogen (secondary N) is 1. The van der Waals surface area contributed by atoms with Crippen LogP contribution in [-0.4, -0.2) is 31.9 Å². The largest absolute Gasteiger partial charge is 0.476 e. The van der Waals surface area contributed by atoms with Crippen LogP contribution < -0.4 is 19.5 Å². The van der Waals surface area contributed by atoms with E-state index < -0.39 is 21.8 Å². The molecule has 3 aromatic carbocycles. The average molecular weight is 522 g/mol. The second-order valence-corrected chi connectivity index (χ2v) is 11.1. The molecule has 1 N–H and O–H groups in total. The van der Waals surface area contributed by atoms with Crippen LogP contribution in [0, 0.1) is 11.3 Å². The lowest BCUT2D eigenvalue weighted by atomic mass is 10.1. The van der Waals surface area contributed by atoms with Gasteiger partial charge in [0.2, 0.25) is 12.9 Å². The van der Waals surface area contributed by atoms with Crippen molar-refractivity contribution in [1.29, 1.82) is 5.26 Å². The van der Waals surface area contributed by atoms with E-state index in [1.165, 1.54) is 23.5 Å². The van der Waals surface area contributed by atoms with Gasteiger partial charge in [0, 0.05) is 5.56 Å². The zero-order chi connectivity index (χ0) is 25.3. The first-order valence-corrected chi connectivity index (χ1v) is 13.3. The summed E-state index contributed by atoms with van der Waals surface area (Å²) in [5, 5.41) is 12.2. The number of nitrogens with zero attached hydrogens (tertiary/aromatic N) is 2. The normalized spacial score (nSPS) is 13.2. The lowest BCUT2D eigenvalue weighted by Gasteiger charge is -2.19. The van der Waals surface area contributed by atoms with Crippen LogP contribution in [0.1, 0.15) is 24.2 Å². The molecule has 1 aliphatic rings. The van der Waals surface area contributed by atoms with Crippen molar-refractivity contribution in [1.82, 2.24) is 4.98 Å². The number of ether oxygens (including phenoxy) is 3. The zero-order valence-corrected chi connectivity index (χ0v) is 20.6. The van der Waals surface area contributed by atoms with E-state index in [0.29, 0.717) is 39.0 Å². The van der Waals surface area contributed by atoms with Gasteiger partial charge in [-0.15, -0.1) is 0 Å². The maximum absolute atomic E-state index is 13.4. The summed E-state index contributed by atoms with van der Waals surface area (Å²) in [4.78, 5) is 18.1. The van der Waals surface area contributed by atoms with Gasteiger partial charge in [-0.25, -0.2) is 13.4 Å². The third kappa shape index (κ3) is 4.56. The molecule has 1 atom stereocenters. The summed E-state index contributed by atoms with van der Waals surface area (Å²) in [5.41, 5.74) is 1.49. The molecule has 1 amide bonds. The first kappa shape index (κ1) is 23.6. The van der Waals surface area contributed by atoms with Gasteiger partial charge in [0.1, 0.15) is 11.3 Å². The van der Waals surface area contributed by atoms with Gasteiger partial charge in [-0.05, 0) is 48.5 Å². The van der Waals surface area contributed by atoms with E-state index in [9.17, 15) is 13.2 Å². The number of thiazole rings is 1. The summed E-state index contributed by atoms with van der Waals surface area (Å²) < 4.78 is 42.1. The van der Waals surface area contributed by atoms with Gasteiger partial charge in [-0.1, -0.05) is 30.4 Å². The van der Waals surface area contributed by atoms with Gasteiger partial charge >= 0.3 is 0 Å². The minimum absolute atomic E-state index is 0.0337. The van der Waals surface area contributed by atoms with Gasteiger partial charge in [-0.3, -0.25) is 10.1 Å². The molecule has 0 radical (unpaired) electrons. The molecular weight excluding hydrogens is 502 g/mol. The Kier molecular flexibility index (Phi) is 6.22. The minimum Gasteiger partial charge on any atom is -0.476 e. The summed E-state index contributed by atoms with van der Waals surface area (Å²) >= 11 is 1.27. The average Bonchev–Trinajstić information content (AvgIpc) is 3.54. The fraction of sp³-hybridized carbons (Fsp3) is 0.160. The molecule has 0 saturated heterocycles. The van der Waals surface area contributed by atoms with Gasteiger partial charge in [-0.2, -0.15) is 5.26 Å². The highest BCUT2D eigenvalue weighted by molar-refractivity contribution is 7.91. The topological polar surface area (TPSA) is 128 Å². The molecule has 0 saturated carbocycles. The van der Waals surface area contributed by atoms with E-state index in [0.717, 1.165) is 4.70 Å². The molecule has 0 spiro atoms.